The van der Waals surface area contributed by atoms with Crippen LogP contribution in [0, 0.1) is 12.8 Å². The molecule has 1 aliphatic heterocycles. The zero-order chi connectivity index (χ0) is 12.0. The monoisotopic (exact) mass is 229 g/mol. The van der Waals surface area contributed by atoms with Crippen molar-refractivity contribution in [3.05, 3.63) is 41.5 Å². The number of aliphatic carboxylic acids is 1. The highest BCUT2D eigenvalue weighted by Crippen LogP contribution is 2.45. The molecular formula is C14H15NO2. The molecule has 2 aliphatic rings. The highest BCUT2D eigenvalue weighted by atomic mass is 16.4. The number of fused-ring (bicyclic) bond motifs is 3. The zero-order valence-electron chi connectivity index (χ0n) is 9.68. The van der Waals surface area contributed by atoms with Crippen molar-refractivity contribution < 1.29 is 9.90 Å². The largest absolute Gasteiger partial charge is 0.480 e. The van der Waals surface area contributed by atoms with Crippen LogP contribution in [0.1, 0.15) is 23.5 Å². The lowest BCUT2D eigenvalue weighted by atomic mass is 9.78. The van der Waals surface area contributed by atoms with E-state index in [0.29, 0.717) is 0 Å². The molecule has 0 bridgehead atoms. The summed E-state index contributed by atoms with van der Waals surface area (Å²) in [5, 5.41) is 12.5. The van der Waals surface area contributed by atoms with Crippen LogP contribution in [0.4, 0.5) is 5.69 Å². The summed E-state index contributed by atoms with van der Waals surface area (Å²) in [6.45, 7) is 2.02. The van der Waals surface area contributed by atoms with Gasteiger partial charge in [-0.2, -0.15) is 0 Å². The molecule has 0 fully saturated rings. The second kappa shape index (κ2) is 3.62. The zero-order valence-corrected chi connectivity index (χ0v) is 9.68. The van der Waals surface area contributed by atoms with Crippen molar-refractivity contribution in [3.8, 4) is 0 Å². The summed E-state index contributed by atoms with van der Waals surface area (Å²) in [6.07, 6.45) is 5.10. The van der Waals surface area contributed by atoms with E-state index >= 15 is 0 Å². The van der Waals surface area contributed by atoms with Crippen LogP contribution in [-0.2, 0) is 4.79 Å². The predicted molar refractivity (Wildman–Crippen MR) is 66.2 cm³/mol. The maximum Gasteiger partial charge on any atom is 0.326 e. The van der Waals surface area contributed by atoms with E-state index in [1.807, 2.05) is 19.1 Å². The van der Waals surface area contributed by atoms with E-state index in [1.165, 1.54) is 5.56 Å². The summed E-state index contributed by atoms with van der Waals surface area (Å²) in [7, 11) is 0. The van der Waals surface area contributed by atoms with Gasteiger partial charge in [0, 0.05) is 17.5 Å². The fourth-order valence-electron chi connectivity index (χ4n) is 3.02. The van der Waals surface area contributed by atoms with Crippen LogP contribution in [0.15, 0.2) is 30.4 Å². The normalized spacial score (nSPS) is 29.4. The Balaban J connectivity index is 2.12. The summed E-state index contributed by atoms with van der Waals surface area (Å²) in [5.74, 6) is -0.341. The molecule has 2 N–H and O–H groups in total. The molecule has 3 nitrogen and oxygen atoms in total. The molecule has 0 amide bonds. The first-order valence-electron chi connectivity index (χ1n) is 5.94. The highest BCUT2D eigenvalue weighted by molar-refractivity contribution is 5.81. The van der Waals surface area contributed by atoms with Gasteiger partial charge in [0.2, 0.25) is 0 Å². The van der Waals surface area contributed by atoms with Crippen molar-refractivity contribution in [1.82, 2.24) is 0 Å². The van der Waals surface area contributed by atoms with Crippen LogP contribution in [0.5, 0.6) is 0 Å². The first-order chi connectivity index (χ1) is 8.18. The summed E-state index contributed by atoms with van der Waals surface area (Å²) < 4.78 is 0. The van der Waals surface area contributed by atoms with Gasteiger partial charge < -0.3 is 10.4 Å². The number of rotatable bonds is 1. The Hall–Kier alpha value is -1.77. The Bertz CT molecular complexity index is 507. The summed E-state index contributed by atoms with van der Waals surface area (Å²) in [4.78, 5) is 11.3. The molecule has 1 aromatic carbocycles. The number of hydrogen-bond acceptors (Lipinski definition) is 2. The highest BCUT2D eigenvalue weighted by Gasteiger charge is 2.40. The van der Waals surface area contributed by atoms with E-state index in [-0.39, 0.29) is 11.8 Å². The number of para-hydroxylation sites is 1. The third-order valence-corrected chi connectivity index (χ3v) is 3.87. The second-order valence-corrected chi connectivity index (χ2v) is 4.85. The molecule has 0 saturated carbocycles. The molecular weight excluding hydrogens is 214 g/mol. The number of carboxylic acid groups (broad SMARTS) is 1. The number of nitrogens with one attached hydrogen (secondary N) is 1. The molecule has 88 valence electrons. The van der Waals surface area contributed by atoms with E-state index in [2.05, 4.69) is 23.5 Å². The molecule has 3 rings (SSSR count). The fourth-order valence-corrected chi connectivity index (χ4v) is 3.02. The average molecular weight is 229 g/mol. The van der Waals surface area contributed by atoms with Crippen molar-refractivity contribution in [1.29, 1.82) is 0 Å². The van der Waals surface area contributed by atoms with Crippen molar-refractivity contribution in [2.24, 2.45) is 5.92 Å². The summed E-state index contributed by atoms with van der Waals surface area (Å²) in [6, 6.07) is 5.69. The molecule has 0 spiro atoms. The van der Waals surface area contributed by atoms with E-state index in [4.69, 9.17) is 0 Å². The molecule has 0 unspecified atom stereocenters. The van der Waals surface area contributed by atoms with Crippen molar-refractivity contribution in [3.63, 3.8) is 0 Å². The van der Waals surface area contributed by atoms with E-state index in [1.54, 1.807) is 0 Å². The van der Waals surface area contributed by atoms with E-state index in [0.717, 1.165) is 17.7 Å². The molecule has 1 aromatic rings. The maximum absolute atomic E-state index is 11.3. The van der Waals surface area contributed by atoms with Crippen LogP contribution < -0.4 is 5.32 Å². The van der Waals surface area contributed by atoms with Gasteiger partial charge in [-0.05, 0) is 24.5 Å². The van der Waals surface area contributed by atoms with E-state index in [9.17, 15) is 9.90 Å². The summed E-state index contributed by atoms with van der Waals surface area (Å²) >= 11 is 0. The Morgan fingerprint density at radius 1 is 1.47 bits per heavy atom. The van der Waals surface area contributed by atoms with Crippen LogP contribution in [-0.4, -0.2) is 17.1 Å². The minimum absolute atomic E-state index is 0.154. The topological polar surface area (TPSA) is 49.3 Å². The second-order valence-electron chi connectivity index (χ2n) is 4.85. The van der Waals surface area contributed by atoms with Gasteiger partial charge in [0.15, 0.2) is 0 Å². The minimum Gasteiger partial charge on any atom is -0.480 e. The molecule has 0 radical (unpaired) electrons. The molecule has 17 heavy (non-hydrogen) atoms. The third-order valence-electron chi connectivity index (χ3n) is 3.87. The molecule has 3 heteroatoms. The number of hydrogen-bond donors (Lipinski definition) is 2. The Labute approximate surface area is 100 Å². The van der Waals surface area contributed by atoms with Crippen LogP contribution in [0.25, 0.3) is 0 Å². The standard InChI is InChI=1S/C14H15NO2/c1-8-4-2-6-10-9-5-3-7-11(9)13(14(16)17)15-12(8)10/h2-6,9,11,13,15H,7H2,1H3,(H,16,17)/t9-,11-,13+/m0/s1. The molecule has 1 aliphatic carbocycles. The molecule has 0 saturated heterocycles. The maximum atomic E-state index is 11.3. The predicted octanol–water partition coefficient (Wildman–Crippen LogP) is 2.53. The van der Waals surface area contributed by atoms with Gasteiger partial charge in [-0.3, -0.25) is 0 Å². The average Bonchev–Trinajstić information content (AvgIpc) is 2.77. The number of carboxylic acids is 1. The number of anilines is 1. The van der Waals surface area contributed by atoms with Gasteiger partial charge in [-0.1, -0.05) is 30.4 Å². The fraction of sp³-hybridized carbons (Fsp3) is 0.357. The van der Waals surface area contributed by atoms with Crippen LogP contribution in [0.2, 0.25) is 0 Å². The van der Waals surface area contributed by atoms with Crippen molar-refractivity contribution >= 4 is 11.7 Å². The van der Waals surface area contributed by atoms with Crippen molar-refractivity contribution in [2.75, 3.05) is 5.32 Å². The Kier molecular flexibility index (Phi) is 2.21. The number of allylic oxidation sites excluding steroid dienone is 2. The van der Waals surface area contributed by atoms with Gasteiger partial charge in [0.05, 0.1) is 0 Å². The van der Waals surface area contributed by atoms with Crippen molar-refractivity contribution in [2.45, 2.75) is 25.3 Å². The SMILES string of the molecule is Cc1cccc2c1N[C@@H](C(=O)O)[C@H]1CC=C[C@@H]21. The molecule has 1 heterocycles. The van der Waals surface area contributed by atoms with Gasteiger partial charge in [0.25, 0.3) is 0 Å². The van der Waals surface area contributed by atoms with Gasteiger partial charge in [0.1, 0.15) is 6.04 Å². The first-order valence-corrected chi connectivity index (χ1v) is 5.94. The van der Waals surface area contributed by atoms with Crippen LogP contribution >= 0.6 is 0 Å². The first kappa shape index (κ1) is 10.4. The molecule has 3 atom stereocenters. The number of benzene rings is 1. The molecule has 0 aromatic heterocycles. The lowest BCUT2D eigenvalue weighted by Crippen LogP contribution is -2.42. The number of carbonyl (C=O) groups is 1. The Morgan fingerprint density at radius 2 is 2.29 bits per heavy atom. The van der Waals surface area contributed by atoms with E-state index < -0.39 is 12.0 Å². The van der Waals surface area contributed by atoms with Crippen LogP contribution in [0.3, 0.4) is 0 Å². The number of aryl methyl sites for hydroxylation is 1. The quantitative estimate of drug-likeness (QED) is 0.727. The smallest absolute Gasteiger partial charge is 0.326 e. The lowest BCUT2D eigenvalue weighted by molar-refractivity contribution is -0.139. The Morgan fingerprint density at radius 3 is 3.06 bits per heavy atom. The minimum atomic E-state index is -0.752. The third kappa shape index (κ3) is 1.46. The van der Waals surface area contributed by atoms with Gasteiger partial charge >= 0.3 is 5.97 Å². The van der Waals surface area contributed by atoms with Gasteiger partial charge in [-0.15, -0.1) is 0 Å². The lowest BCUT2D eigenvalue weighted by Gasteiger charge is -2.35. The van der Waals surface area contributed by atoms with Gasteiger partial charge in [-0.25, -0.2) is 4.79 Å². The summed E-state index contributed by atoms with van der Waals surface area (Å²) in [5.41, 5.74) is 3.36.